The van der Waals surface area contributed by atoms with Crippen molar-refractivity contribution in [2.24, 2.45) is 11.8 Å². The summed E-state index contributed by atoms with van der Waals surface area (Å²) < 4.78 is 0. The number of carbonyl (C=O) groups is 3. The van der Waals surface area contributed by atoms with E-state index in [0.29, 0.717) is 30.8 Å². The maximum absolute atomic E-state index is 13.7. The average molecular weight is 438 g/mol. The molecule has 0 spiro atoms. The second-order valence-electron chi connectivity index (χ2n) is 9.82. The van der Waals surface area contributed by atoms with Gasteiger partial charge in [-0.05, 0) is 69.5 Å². The molecule has 1 aromatic rings. The lowest BCUT2D eigenvalue weighted by Gasteiger charge is -2.59. The summed E-state index contributed by atoms with van der Waals surface area (Å²) in [6, 6.07) is 3.90. The van der Waals surface area contributed by atoms with Crippen LogP contribution < -0.4 is 0 Å². The number of nitro benzene ring substituents is 1. The van der Waals surface area contributed by atoms with Crippen LogP contribution in [-0.2, 0) is 4.79 Å². The van der Waals surface area contributed by atoms with Crippen LogP contribution in [0.4, 0.5) is 5.69 Å². The van der Waals surface area contributed by atoms with E-state index in [4.69, 9.17) is 0 Å². The first-order valence-electron chi connectivity index (χ1n) is 11.7. The van der Waals surface area contributed by atoms with Gasteiger partial charge in [-0.15, -0.1) is 0 Å². The Bertz CT molecular complexity index is 1040. The smallest absolute Gasteiger partial charge is 0.282 e. The summed E-state index contributed by atoms with van der Waals surface area (Å²) in [7, 11) is 0. The van der Waals surface area contributed by atoms with E-state index < -0.39 is 22.8 Å². The van der Waals surface area contributed by atoms with Gasteiger partial charge in [0.2, 0.25) is 5.91 Å². The van der Waals surface area contributed by atoms with Gasteiger partial charge in [0.1, 0.15) is 11.6 Å². The Morgan fingerprint density at radius 2 is 1.75 bits per heavy atom. The lowest BCUT2D eigenvalue weighted by molar-refractivity contribution is -0.385. The fraction of sp³-hybridized carbons (Fsp3) is 0.609. The molecule has 168 valence electrons. The Labute approximate surface area is 185 Å². The first-order chi connectivity index (χ1) is 15.5. The van der Waals surface area contributed by atoms with E-state index in [1.165, 1.54) is 18.2 Å². The van der Waals surface area contributed by atoms with Crippen molar-refractivity contribution in [1.29, 1.82) is 0 Å². The summed E-state index contributed by atoms with van der Waals surface area (Å²) in [5.41, 5.74) is -0.547. The van der Waals surface area contributed by atoms with Crippen LogP contribution in [-0.4, -0.2) is 75.1 Å². The zero-order chi connectivity index (χ0) is 22.1. The minimum Gasteiger partial charge on any atom is -0.337 e. The zero-order valence-electron chi connectivity index (χ0n) is 17.8. The molecule has 0 aliphatic carbocycles. The SMILES string of the molecule is O=C1c2cccc([N+](=O)[O-])c2C(=O)N1C1CC[C@@H]2[C@H]3CCCN4CCC[C@@H](CN2C1=O)[C@@H]34. The summed E-state index contributed by atoms with van der Waals surface area (Å²) in [5, 5.41) is 11.4. The van der Waals surface area contributed by atoms with Crippen molar-refractivity contribution in [3.63, 3.8) is 0 Å². The van der Waals surface area contributed by atoms with Gasteiger partial charge in [-0.3, -0.25) is 34.3 Å². The summed E-state index contributed by atoms with van der Waals surface area (Å²) in [6.07, 6.45) is 5.71. The highest BCUT2D eigenvalue weighted by atomic mass is 16.6. The number of rotatable bonds is 2. The van der Waals surface area contributed by atoms with Crippen LogP contribution in [0, 0.1) is 22.0 Å². The Morgan fingerprint density at radius 3 is 2.53 bits per heavy atom. The molecule has 0 aromatic heterocycles. The molecule has 4 saturated heterocycles. The van der Waals surface area contributed by atoms with Crippen LogP contribution in [0.1, 0.15) is 59.2 Å². The Morgan fingerprint density at radius 1 is 0.969 bits per heavy atom. The highest BCUT2D eigenvalue weighted by Gasteiger charge is 2.55. The molecule has 9 nitrogen and oxygen atoms in total. The van der Waals surface area contributed by atoms with Crippen LogP contribution in [0.2, 0.25) is 0 Å². The van der Waals surface area contributed by atoms with Crippen molar-refractivity contribution >= 4 is 23.4 Å². The maximum atomic E-state index is 13.7. The molecule has 9 heteroatoms. The molecule has 5 atom stereocenters. The number of hydrogen-bond donors (Lipinski definition) is 0. The molecule has 0 bridgehead atoms. The highest BCUT2D eigenvalue weighted by molar-refractivity contribution is 6.24. The van der Waals surface area contributed by atoms with Gasteiger partial charge in [0.25, 0.3) is 17.5 Å². The van der Waals surface area contributed by atoms with E-state index in [2.05, 4.69) is 4.90 Å². The fourth-order valence-electron chi connectivity index (χ4n) is 7.22. The van der Waals surface area contributed by atoms with Gasteiger partial charge in [-0.2, -0.15) is 0 Å². The van der Waals surface area contributed by atoms with Crippen molar-refractivity contribution in [1.82, 2.24) is 14.7 Å². The van der Waals surface area contributed by atoms with E-state index >= 15 is 0 Å². The largest absolute Gasteiger partial charge is 0.337 e. The monoisotopic (exact) mass is 438 g/mol. The van der Waals surface area contributed by atoms with Gasteiger partial charge < -0.3 is 4.90 Å². The van der Waals surface area contributed by atoms with E-state index in [0.717, 1.165) is 50.1 Å². The van der Waals surface area contributed by atoms with E-state index in [-0.39, 0.29) is 28.8 Å². The predicted octanol–water partition coefficient (Wildman–Crippen LogP) is 2.05. The van der Waals surface area contributed by atoms with E-state index in [9.17, 15) is 24.5 Å². The van der Waals surface area contributed by atoms with E-state index in [1.807, 2.05) is 4.90 Å². The van der Waals surface area contributed by atoms with Crippen LogP contribution in [0.15, 0.2) is 18.2 Å². The Hall–Kier alpha value is -2.81. The second-order valence-corrected chi connectivity index (χ2v) is 9.82. The molecule has 5 aliphatic heterocycles. The molecule has 5 heterocycles. The molecule has 1 unspecified atom stereocenters. The molecule has 3 amide bonds. The van der Waals surface area contributed by atoms with Gasteiger partial charge in [0, 0.05) is 24.7 Å². The summed E-state index contributed by atoms with van der Waals surface area (Å²) in [6.45, 7) is 2.98. The second kappa shape index (κ2) is 7.10. The fourth-order valence-corrected chi connectivity index (χ4v) is 7.22. The number of nitro groups is 1. The normalized spacial score (nSPS) is 34.2. The number of benzene rings is 1. The van der Waals surface area contributed by atoms with Gasteiger partial charge in [-0.25, -0.2) is 0 Å². The minimum atomic E-state index is -0.877. The van der Waals surface area contributed by atoms with Crippen LogP contribution in [0.5, 0.6) is 0 Å². The molecule has 4 fully saturated rings. The molecule has 0 radical (unpaired) electrons. The van der Waals surface area contributed by atoms with Crippen molar-refractivity contribution in [3.8, 4) is 0 Å². The van der Waals surface area contributed by atoms with Crippen molar-refractivity contribution < 1.29 is 19.3 Å². The number of piperidine rings is 4. The Kier molecular flexibility index (Phi) is 4.40. The predicted molar refractivity (Wildman–Crippen MR) is 113 cm³/mol. The van der Waals surface area contributed by atoms with Crippen molar-refractivity contribution in [2.45, 2.75) is 56.7 Å². The topological polar surface area (TPSA) is 104 Å². The molecule has 6 rings (SSSR count). The van der Waals surface area contributed by atoms with E-state index in [1.54, 1.807) is 0 Å². The van der Waals surface area contributed by atoms with Crippen LogP contribution in [0.25, 0.3) is 0 Å². The highest BCUT2D eigenvalue weighted by Crippen LogP contribution is 2.46. The first kappa shape index (κ1) is 19.8. The van der Waals surface area contributed by atoms with Gasteiger partial charge in [0.05, 0.1) is 10.5 Å². The molecule has 5 aliphatic rings. The molecule has 32 heavy (non-hydrogen) atoms. The lowest BCUT2D eigenvalue weighted by Crippen LogP contribution is -2.69. The minimum absolute atomic E-state index is 0.0213. The third-order valence-electron chi connectivity index (χ3n) is 8.41. The number of carbonyl (C=O) groups excluding carboxylic acids is 3. The number of nitrogens with zero attached hydrogens (tertiary/aromatic N) is 4. The van der Waals surface area contributed by atoms with Crippen molar-refractivity contribution in [2.75, 3.05) is 19.6 Å². The number of hydrogen-bond acceptors (Lipinski definition) is 6. The molecular weight excluding hydrogens is 412 g/mol. The standard InChI is InChI=1S/C23H26N4O5/c28-21-15-5-1-7-17(27(31)32)19(15)23(30)26(21)18-9-8-16-14-6-3-11-24-10-2-4-13(20(14)24)12-25(16)22(18)29/h1,5,7,13-14,16,18,20H,2-4,6,8-12H2/t13-,14+,16+,18?,20-/m0/s1. The average Bonchev–Trinajstić information content (AvgIpc) is 3.05. The zero-order valence-corrected chi connectivity index (χ0v) is 17.8. The Balaban J connectivity index is 1.31. The first-order valence-corrected chi connectivity index (χ1v) is 11.7. The molecule has 1 aromatic carbocycles. The summed E-state index contributed by atoms with van der Waals surface area (Å²) >= 11 is 0. The number of fused-ring (bicyclic) bond motifs is 3. The van der Waals surface area contributed by atoms with Gasteiger partial charge in [0.15, 0.2) is 0 Å². The van der Waals surface area contributed by atoms with Crippen molar-refractivity contribution in [3.05, 3.63) is 39.4 Å². The summed E-state index contributed by atoms with van der Waals surface area (Å²) in [5.74, 6) is -0.584. The summed E-state index contributed by atoms with van der Waals surface area (Å²) in [4.78, 5) is 56.3. The number of imide groups is 1. The third kappa shape index (κ3) is 2.63. The third-order valence-corrected chi connectivity index (χ3v) is 8.41. The molecule has 0 N–H and O–H groups in total. The lowest BCUT2D eigenvalue weighted by atomic mass is 9.67. The maximum Gasteiger partial charge on any atom is 0.282 e. The molecule has 0 saturated carbocycles. The van der Waals surface area contributed by atoms with Gasteiger partial charge >= 0.3 is 0 Å². The van der Waals surface area contributed by atoms with Crippen LogP contribution in [0.3, 0.4) is 0 Å². The molecular formula is C23H26N4O5. The quantitative estimate of drug-likeness (QED) is 0.398. The number of amides is 3. The van der Waals surface area contributed by atoms with Crippen LogP contribution >= 0.6 is 0 Å². The van der Waals surface area contributed by atoms with Gasteiger partial charge in [-0.1, -0.05) is 6.07 Å².